The lowest BCUT2D eigenvalue weighted by Gasteiger charge is -2.08. The van der Waals surface area contributed by atoms with Crippen LogP contribution in [0.25, 0.3) is 10.9 Å². The van der Waals surface area contributed by atoms with Crippen LogP contribution in [0.3, 0.4) is 0 Å². The molecule has 0 fully saturated rings. The average Bonchev–Trinajstić information content (AvgIpc) is 2.81. The van der Waals surface area contributed by atoms with Crippen LogP contribution in [0.4, 0.5) is 0 Å². The summed E-state index contributed by atoms with van der Waals surface area (Å²) in [5.41, 5.74) is 1.67. The van der Waals surface area contributed by atoms with E-state index in [1.807, 2.05) is 41.8 Å². The van der Waals surface area contributed by atoms with Crippen LogP contribution in [0, 0.1) is 11.3 Å². The minimum absolute atomic E-state index is 0.136. The van der Waals surface area contributed by atoms with E-state index in [2.05, 4.69) is 15.9 Å². The number of carbonyl (C=O) groups excluding carboxylic acids is 1. The zero-order chi connectivity index (χ0) is 15.6. The van der Waals surface area contributed by atoms with Gasteiger partial charge >= 0.3 is 0 Å². The van der Waals surface area contributed by atoms with Crippen molar-refractivity contribution in [3.63, 3.8) is 0 Å². The van der Waals surface area contributed by atoms with Gasteiger partial charge in [-0.25, -0.2) is 0 Å². The number of allylic oxidation sites excluding steroid dienone is 1. The molecule has 1 heterocycles. The van der Waals surface area contributed by atoms with Crippen LogP contribution < -0.4 is 0 Å². The van der Waals surface area contributed by atoms with Crippen molar-refractivity contribution >= 4 is 32.6 Å². The van der Waals surface area contributed by atoms with Crippen molar-refractivity contribution in [1.29, 1.82) is 5.26 Å². The van der Waals surface area contributed by atoms with E-state index < -0.39 is 0 Å². The van der Waals surface area contributed by atoms with Gasteiger partial charge in [-0.05, 0) is 31.2 Å². The van der Waals surface area contributed by atoms with Crippen molar-refractivity contribution in [1.82, 2.24) is 9.47 Å². The van der Waals surface area contributed by atoms with E-state index >= 15 is 0 Å². The van der Waals surface area contributed by atoms with Crippen LogP contribution in [0.2, 0.25) is 0 Å². The molecule has 4 nitrogen and oxygen atoms in total. The van der Waals surface area contributed by atoms with E-state index in [1.54, 1.807) is 25.2 Å². The third kappa shape index (κ3) is 3.01. The second kappa shape index (κ2) is 6.15. The maximum atomic E-state index is 12.6. The van der Waals surface area contributed by atoms with Gasteiger partial charge in [0.25, 0.3) is 0 Å². The van der Waals surface area contributed by atoms with Gasteiger partial charge in [0.15, 0.2) is 0 Å². The zero-order valence-corrected chi connectivity index (χ0v) is 13.8. The van der Waals surface area contributed by atoms with Gasteiger partial charge in [0.1, 0.15) is 11.6 Å². The highest BCUT2D eigenvalue weighted by Crippen LogP contribution is 2.25. The van der Waals surface area contributed by atoms with E-state index in [9.17, 15) is 10.1 Å². The van der Waals surface area contributed by atoms with Crippen LogP contribution in [0.1, 0.15) is 17.4 Å². The van der Waals surface area contributed by atoms with Crippen LogP contribution in [0.15, 0.2) is 40.5 Å². The Balaban J connectivity index is 2.61. The third-order valence-electron chi connectivity index (χ3n) is 3.16. The number of carbonyl (C=O) groups is 1. The van der Waals surface area contributed by atoms with Crippen LogP contribution >= 0.6 is 15.9 Å². The summed E-state index contributed by atoms with van der Waals surface area (Å²) in [6, 6.07) is 9.72. The molecule has 0 bridgehead atoms. The number of hydrogen-bond donors (Lipinski definition) is 0. The first-order chi connectivity index (χ1) is 9.97. The number of nitriles is 1. The molecule has 0 atom stereocenters. The normalized spacial score (nSPS) is 11.5. The molecule has 2 aromatic rings. The molecule has 2 rings (SSSR count). The second-order valence-electron chi connectivity index (χ2n) is 4.92. The maximum Gasteiger partial charge on any atom is 0.221 e. The number of hydrogen-bond acceptors (Lipinski definition) is 3. The standard InChI is InChI=1S/C16H16BrN3O/c1-4-20-14-6-5-13(17)7-11(14)8-15(20)16(21)12(9-18)10-19(2)3/h5-8,10H,4H2,1-3H3/b12-10+. The van der Waals surface area contributed by atoms with Gasteiger partial charge in [-0.1, -0.05) is 15.9 Å². The largest absolute Gasteiger partial charge is 0.382 e. The van der Waals surface area contributed by atoms with E-state index in [-0.39, 0.29) is 11.4 Å². The molecule has 0 amide bonds. The van der Waals surface area contributed by atoms with Crippen LogP contribution in [-0.4, -0.2) is 29.3 Å². The molecule has 5 heteroatoms. The van der Waals surface area contributed by atoms with Gasteiger partial charge in [0.2, 0.25) is 5.78 Å². The lowest BCUT2D eigenvalue weighted by Crippen LogP contribution is -2.12. The Bertz CT molecular complexity index is 766. The molecule has 0 aliphatic carbocycles. The molecule has 0 spiro atoms. The topological polar surface area (TPSA) is 49.0 Å². The van der Waals surface area contributed by atoms with E-state index in [0.29, 0.717) is 12.2 Å². The highest BCUT2D eigenvalue weighted by molar-refractivity contribution is 9.10. The molecule has 1 aromatic carbocycles. The quantitative estimate of drug-likeness (QED) is 0.483. The van der Waals surface area contributed by atoms with Gasteiger partial charge in [-0.3, -0.25) is 4.79 Å². The number of Topliss-reactive ketones (excluding diaryl/α,β-unsaturated/α-hetero) is 1. The number of fused-ring (bicyclic) bond motifs is 1. The maximum absolute atomic E-state index is 12.6. The Hall–Kier alpha value is -2.06. The monoisotopic (exact) mass is 345 g/mol. The summed E-state index contributed by atoms with van der Waals surface area (Å²) in [6.45, 7) is 2.66. The van der Waals surface area contributed by atoms with Gasteiger partial charge in [-0.2, -0.15) is 5.26 Å². The Kier molecular flexibility index (Phi) is 4.49. The van der Waals surface area contributed by atoms with Crippen molar-refractivity contribution < 1.29 is 4.79 Å². The van der Waals surface area contributed by atoms with Crippen molar-refractivity contribution in [2.75, 3.05) is 14.1 Å². The van der Waals surface area contributed by atoms with Gasteiger partial charge < -0.3 is 9.47 Å². The Morgan fingerprint density at radius 1 is 1.43 bits per heavy atom. The van der Waals surface area contributed by atoms with Gasteiger partial charge in [0.05, 0.1) is 5.69 Å². The average molecular weight is 346 g/mol. The summed E-state index contributed by atoms with van der Waals surface area (Å²) >= 11 is 3.44. The molecule has 0 saturated carbocycles. The molecular formula is C16H16BrN3O. The summed E-state index contributed by atoms with van der Waals surface area (Å²) in [4.78, 5) is 14.3. The number of nitrogens with zero attached hydrogens (tertiary/aromatic N) is 3. The summed E-state index contributed by atoms with van der Waals surface area (Å²) < 4.78 is 2.90. The molecule has 0 unspecified atom stereocenters. The predicted molar refractivity (Wildman–Crippen MR) is 87.0 cm³/mol. The van der Waals surface area contributed by atoms with Gasteiger partial charge in [-0.15, -0.1) is 0 Å². The summed E-state index contributed by atoms with van der Waals surface area (Å²) in [5, 5.41) is 10.2. The highest BCUT2D eigenvalue weighted by Gasteiger charge is 2.19. The second-order valence-corrected chi connectivity index (χ2v) is 5.84. The Labute approximate surface area is 132 Å². The Morgan fingerprint density at radius 2 is 2.14 bits per heavy atom. The van der Waals surface area contributed by atoms with Gasteiger partial charge in [0, 0.05) is 42.2 Å². The Morgan fingerprint density at radius 3 is 2.71 bits per heavy atom. The van der Waals surface area contributed by atoms with Crippen molar-refractivity contribution in [3.05, 3.63) is 46.2 Å². The van der Waals surface area contributed by atoms with E-state index in [4.69, 9.17) is 0 Å². The number of rotatable bonds is 4. The SMILES string of the molecule is CCn1c(C(=O)/C(C#N)=C/N(C)C)cc2cc(Br)ccc21. The molecule has 0 radical (unpaired) electrons. The lowest BCUT2D eigenvalue weighted by molar-refractivity contribution is 0.102. The molecule has 0 N–H and O–H groups in total. The fraction of sp³-hybridized carbons (Fsp3) is 0.250. The number of ketones is 1. The molecule has 108 valence electrons. The predicted octanol–water partition coefficient (Wildman–Crippen LogP) is 3.58. The fourth-order valence-corrected chi connectivity index (χ4v) is 2.68. The first-order valence-electron chi connectivity index (χ1n) is 6.59. The first-order valence-corrected chi connectivity index (χ1v) is 7.39. The zero-order valence-electron chi connectivity index (χ0n) is 12.2. The molecule has 1 aromatic heterocycles. The number of halogens is 1. The van der Waals surface area contributed by atoms with Crippen LogP contribution in [0.5, 0.6) is 0 Å². The van der Waals surface area contributed by atoms with Crippen molar-refractivity contribution in [2.45, 2.75) is 13.5 Å². The minimum Gasteiger partial charge on any atom is -0.382 e. The van der Waals surface area contributed by atoms with E-state index in [0.717, 1.165) is 15.4 Å². The first kappa shape index (κ1) is 15.3. The number of benzene rings is 1. The van der Waals surface area contributed by atoms with Crippen LogP contribution in [-0.2, 0) is 6.54 Å². The number of aromatic nitrogens is 1. The van der Waals surface area contributed by atoms with Crippen molar-refractivity contribution in [3.8, 4) is 6.07 Å². The highest BCUT2D eigenvalue weighted by atomic mass is 79.9. The summed E-state index contributed by atoms with van der Waals surface area (Å²) in [6.07, 6.45) is 1.55. The van der Waals surface area contributed by atoms with E-state index in [1.165, 1.54) is 0 Å². The molecular weight excluding hydrogens is 330 g/mol. The molecule has 0 aliphatic heterocycles. The number of aryl methyl sites for hydroxylation is 1. The van der Waals surface area contributed by atoms with Crippen molar-refractivity contribution in [2.24, 2.45) is 0 Å². The molecule has 21 heavy (non-hydrogen) atoms. The minimum atomic E-state index is -0.250. The lowest BCUT2D eigenvalue weighted by atomic mass is 10.1. The third-order valence-corrected chi connectivity index (χ3v) is 3.66. The summed E-state index contributed by atoms with van der Waals surface area (Å²) in [7, 11) is 3.58. The molecule has 0 aliphatic rings. The smallest absolute Gasteiger partial charge is 0.221 e. The fourth-order valence-electron chi connectivity index (χ4n) is 2.31. The summed E-state index contributed by atoms with van der Waals surface area (Å²) in [5.74, 6) is -0.250. The molecule has 0 saturated heterocycles.